The standard InChI is InChI=1S/C11H10N2OS/c1-7-5-10(15-8(7)2)11(14)9-6-12-3-4-13-9/h3-6H,1-2H3. The largest absolute Gasteiger partial charge is 0.286 e. The number of carbonyl (C=O) groups is 1. The number of aryl methyl sites for hydroxylation is 2. The fourth-order valence-electron chi connectivity index (χ4n) is 1.23. The molecule has 0 radical (unpaired) electrons. The zero-order valence-electron chi connectivity index (χ0n) is 8.52. The van der Waals surface area contributed by atoms with Gasteiger partial charge in [-0.25, -0.2) is 4.98 Å². The van der Waals surface area contributed by atoms with Crippen LogP contribution in [-0.4, -0.2) is 15.8 Å². The van der Waals surface area contributed by atoms with Crippen molar-refractivity contribution >= 4 is 17.1 Å². The van der Waals surface area contributed by atoms with Crippen molar-refractivity contribution in [3.05, 3.63) is 45.7 Å². The highest BCUT2D eigenvalue weighted by molar-refractivity contribution is 7.14. The van der Waals surface area contributed by atoms with E-state index in [9.17, 15) is 4.79 Å². The van der Waals surface area contributed by atoms with Crippen molar-refractivity contribution in [3.8, 4) is 0 Å². The van der Waals surface area contributed by atoms with E-state index in [0.717, 1.165) is 10.4 Å². The minimum absolute atomic E-state index is 0.0516. The molecule has 0 amide bonds. The minimum Gasteiger partial charge on any atom is -0.286 e. The Bertz CT molecular complexity index is 471. The first kappa shape index (κ1) is 9.98. The Morgan fingerprint density at radius 2 is 2.13 bits per heavy atom. The number of ketones is 1. The molecule has 2 aromatic heterocycles. The lowest BCUT2D eigenvalue weighted by molar-refractivity contribution is 0.103. The third-order valence-corrected chi connectivity index (χ3v) is 3.34. The van der Waals surface area contributed by atoms with Gasteiger partial charge in [-0.1, -0.05) is 0 Å². The highest BCUT2D eigenvalue weighted by atomic mass is 32.1. The van der Waals surface area contributed by atoms with E-state index in [0.29, 0.717) is 5.69 Å². The lowest BCUT2D eigenvalue weighted by Gasteiger charge is -1.94. The van der Waals surface area contributed by atoms with Crippen molar-refractivity contribution in [3.63, 3.8) is 0 Å². The van der Waals surface area contributed by atoms with E-state index in [4.69, 9.17) is 0 Å². The summed E-state index contributed by atoms with van der Waals surface area (Å²) < 4.78 is 0. The maximum atomic E-state index is 11.9. The van der Waals surface area contributed by atoms with E-state index in [-0.39, 0.29) is 5.78 Å². The van der Waals surface area contributed by atoms with Gasteiger partial charge in [0.15, 0.2) is 0 Å². The van der Waals surface area contributed by atoms with E-state index < -0.39 is 0 Å². The van der Waals surface area contributed by atoms with Crippen molar-refractivity contribution in [2.45, 2.75) is 13.8 Å². The molecule has 0 fully saturated rings. The number of aromatic nitrogens is 2. The Morgan fingerprint density at radius 1 is 1.33 bits per heavy atom. The number of hydrogen-bond donors (Lipinski definition) is 0. The molecule has 0 spiro atoms. The van der Waals surface area contributed by atoms with Crippen molar-refractivity contribution in [2.24, 2.45) is 0 Å². The zero-order valence-corrected chi connectivity index (χ0v) is 9.34. The van der Waals surface area contributed by atoms with Crippen LogP contribution in [0.5, 0.6) is 0 Å². The van der Waals surface area contributed by atoms with Crippen LogP contribution in [0.3, 0.4) is 0 Å². The third-order valence-electron chi connectivity index (χ3n) is 2.19. The summed E-state index contributed by atoms with van der Waals surface area (Å²) >= 11 is 1.50. The Hall–Kier alpha value is -1.55. The first-order chi connectivity index (χ1) is 7.18. The molecule has 0 unspecified atom stereocenters. The van der Waals surface area contributed by atoms with Crippen LogP contribution >= 0.6 is 11.3 Å². The summed E-state index contributed by atoms with van der Waals surface area (Å²) in [5.41, 5.74) is 1.55. The number of hydrogen-bond acceptors (Lipinski definition) is 4. The van der Waals surface area contributed by atoms with Gasteiger partial charge in [0.1, 0.15) is 5.69 Å². The summed E-state index contributed by atoms with van der Waals surface area (Å²) in [6, 6.07) is 1.90. The second-order valence-corrected chi connectivity index (χ2v) is 4.53. The lowest BCUT2D eigenvalue weighted by atomic mass is 10.2. The molecule has 4 heteroatoms. The Morgan fingerprint density at radius 3 is 2.67 bits per heavy atom. The average molecular weight is 218 g/mol. The van der Waals surface area contributed by atoms with Crippen molar-refractivity contribution in [1.29, 1.82) is 0 Å². The molecule has 76 valence electrons. The first-order valence-electron chi connectivity index (χ1n) is 4.56. The fourth-order valence-corrected chi connectivity index (χ4v) is 2.21. The number of nitrogens with zero attached hydrogens (tertiary/aromatic N) is 2. The average Bonchev–Trinajstić information content (AvgIpc) is 2.59. The second-order valence-electron chi connectivity index (χ2n) is 3.27. The SMILES string of the molecule is Cc1cc(C(=O)c2cnccn2)sc1C. The molecule has 0 aliphatic rings. The summed E-state index contributed by atoms with van der Waals surface area (Å²) in [6.45, 7) is 4.01. The predicted molar refractivity (Wildman–Crippen MR) is 59.3 cm³/mol. The molecule has 0 aromatic carbocycles. The minimum atomic E-state index is -0.0516. The van der Waals surface area contributed by atoms with Crippen molar-refractivity contribution in [2.75, 3.05) is 0 Å². The van der Waals surface area contributed by atoms with Crippen molar-refractivity contribution < 1.29 is 4.79 Å². The molecule has 0 bridgehead atoms. The van der Waals surface area contributed by atoms with E-state index in [2.05, 4.69) is 9.97 Å². The topological polar surface area (TPSA) is 42.9 Å². The molecule has 2 rings (SSSR count). The third kappa shape index (κ3) is 1.94. The number of carbonyl (C=O) groups excluding carboxylic acids is 1. The highest BCUT2D eigenvalue weighted by Gasteiger charge is 2.13. The van der Waals surface area contributed by atoms with Crippen LogP contribution in [0, 0.1) is 13.8 Å². The second kappa shape index (κ2) is 3.90. The van der Waals surface area contributed by atoms with Crippen molar-refractivity contribution in [1.82, 2.24) is 9.97 Å². The van der Waals surface area contributed by atoms with Crippen LogP contribution in [0.4, 0.5) is 0 Å². The van der Waals surface area contributed by atoms with Gasteiger partial charge < -0.3 is 0 Å². The van der Waals surface area contributed by atoms with Crippen LogP contribution in [0.15, 0.2) is 24.7 Å². The maximum Gasteiger partial charge on any atom is 0.222 e. The van der Waals surface area contributed by atoms with E-state index in [1.54, 1.807) is 6.20 Å². The first-order valence-corrected chi connectivity index (χ1v) is 5.38. The van der Waals surface area contributed by atoms with Gasteiger partial charge in [-0.3, -0.25) is 9.78 Å². The summed E-state index contributed by atoms with van der Waals surface area (Å²) in [6.07, 6.45) is 4.58. The Labute approximate surface area is 91.8 Å². The molecular weight excluding hydrogens is 208 g/mol. The van der Waals surface area contributed by atoms with Gasteiger partial charge in [0.2, 0.25) is 5.78 Å². The van der Waals surface area contributed by atoms with E-state index >= 15 is 0 Å². The van der Waals surface area contributed by atoms with E-state index in [1.807, 2.05) is 19.9 Å². The van der Waals surface area contributed by atoms with Gasteiger partial charge in [-0.2, -0.15) is 0 Å². The normalized spacial score (nSPS) is 10.3. The molecule has 0 atom stereocenters. The van der Waals surface area contributed by atoms with Gasteiger partial charge in [0.05, 0.1) is 11.1 Å². The highest BCUT2D eigenvalue weighted by Crippen LogP contribution is 2.22. The van der Waals surface area contributed by atoms with Gasteiger partial charge in [0, 0.05) is 17.3 Å². The molecule has 0 N–H and O–H groups in total. The van der Waals surface area contributed by atoms with Crippen LogP contribution in [0.1, 0.15) is 25.8 Å². The van der Waals surface area contributed by atoms with E-state index in [1.165, 1.54) is 28.6 Å². The van der Waals surface area contributed by atoms with Crippen LogP contribution < -0.4 is 0 Å². The predicted octanol–water partition coefficient (Wildman–Crippen LogP) is 2.39. The molecular formula is C11H10N2OS. The molecule has 0 saturated heterocycles. The van der Waals surface area contributed by atoms with Gasteiger partial charge >= 0.3 is 0 Å². The van der Waals surface area contributed by atoms with Crippen LogP contribution in [0.2, 0.25) is 0 Å². The Balaban J connectivity index is 2.37. The quantitative estimate of drug-likeness (QED) is 0.727. The van der Waals surface area contributed by atoms with Gasteiger partial charge in [0.25, 0.3) is 0 Å². The van der Waals surface area contributed by atoms with Gasteiger partial charge in [-0.05, 0) is 25.5 Å². The number of rotatable bonds is 2. The summed E-state index contributed by atoms with van der Waals surface area (Å²) in [4.78, 5) is 21.7. The summed E-state index contributed by atoms with van der Waals surface area (Å²) in [5, 5.41) is 0. The smallest absolute Gasteiger partial charge is 0.222 e. The summed E-state index contributed by atoms with van der Waals surface area (Å²) in [5.74, 6) is -0.0516. The Kier molecular flexibility index (Phi) is 2.60. The van der Waals surface area contributed by atoms with Crippen LogP contribution in [-0.2, 0) is 0 Å². The molecule has 0 aliphatic heterocycles. The number of thiophene rings is 1. The molecule has 2 aromatic rings. The monoisotopic (exact) mass is 218 g/mol. The van der Waals surface area contributed by atoms with Gasteiger partial charge in [-0.15, -0.1) is 11.3 Å². The zero-order chi connectivity index (χ0) is 10.8. The maximum absolute atomic E-state index is 11.9. The molecule has 2 heterocycles. The lowest BCUT2D eigenvalue weighted by Crippen LogP contribution is -2.01. The molecule has 0 aliphatic carbocycles. The molecule has 15 heavy (non-hydrogen) atoms. The molecule has 3 nitrogen and oxygen atoms in total. The molecule has 0 saturated carbocycles. The fraction of sp³-hybridized carbons (Fsp3) is 0.182. The van der Waals surface area contributed by atoms with Crippen LogP contribution in [0.25, 0.3) is 0 Å². The summed E-state index contributed by atoms with van der Waals surface area (Å²) in [7, 11) is 0.